The Morgan fingerprint density at radius 3 is 2.37 bits per heavy atom. The third kappa shape index (κ3) is 4.39. The smallest absolute Gasteiger partial charge is 0.243 e. The molecule has 2 aromatic rings. The Balaban J connectivity index is 1.62. The molecule has 1 saturated heterocycles. The van der Waals surface area contributed by atoms with Gasteiger partial charge in [-0.1, -0.05) is 49.4 Å². The van der Waals surface area contributed by atoms with Crippen LogP contribution in [0.4, 0.5) is 0 Å². The van der Waals surface area contributed by atoms with Crippen LogP contribution in [0.25, 0.3) is 0 Å². The number of nitrogens with one attached hydrogen (secondary N) is 1. The van der Waals surface area contributed by atoms with Gasteiger partial charge in [0.2, 0.25) is 15.9 Å². The van der Waals surface area contributed by atoms with Gasteiger partial charge in [0.05, 0.1) is 4.90 Å². The van der Waals surface area contributed by atoms with Gasteiger partial charge in [0.1, 0.15) is 0 Å². The number of rotatable bonds is 5. The van der Waals surface area contributed by atoms with E-state index in [1.54, 1.807) is 18.2 Å². The largest absolute Gasteiger partial charge is 0.352 e. The van der Waals surface area contributed by atoms with E-state index in [1.165, 1.54) is 4.31 Å². The number of benzene rings is 2. The van der Waals surface area contributed by atoms with Crippen LogP contribution in [0.1, 0.15) is 30.9 Å². The highest BCUT2D eigenvalue weighted by Crippen LogP contribution is 2.33. The minimum Gasteiger partial charge on any atom is -0.352 e. The maximum atomic E-state index is 12.9. The summed E-state index contributed by atoms with van der Waals surface area (Å²) in [6.45, 7) is 4.99. The highest BCUT2D eigenvalue weighted by atomic mass is 32.2. The second-order valence-corrected chi connectivity index (χ2v) is 9.39. The summed E-state index contributed by atoms with van der Waals surface area (Å²) in [5.74, 6) is -0.0149. The zero-order valence-corrected chi connectivity index (χ0v) is 16.6. The van der Waals surface area contributed by atoms with Crippen LogP contribution in [0.5, 0.6) is 0 Å². The van der Waals surface area contributed by atoms with Gasteiger partial charge in [-0.3, -0.25) is 4.79 Å². The number of hydrogen-bond acceptors (Lipinski definition) is 3. The number of aryl methyl sites for hydroxylation is 1. The van der Waals surface area contributed by atoms with Gasteiger partial charge in [-0.05, 0) is 43.0 Å². The Kier molecular flexibility index (Phi) is 5.67. The van der Waals surface area contributed by atoms with Crippen molar-refractivity contribution in [2.24, 2.45) is 5.41 Å². The van der Waals surface area contributed by atoms with Crippen LogP contribution in [0.15, 0.2) is 59.5 Å². The Bertz CT molecular complexity index is 902. The highest BCUT2D eigenvalue weighted by Gasteiger charge is 2.40. The van der Waals surface area contributed by atoms with Crippen molar-refractivity contribution >= 4 is 15.9 Å². The molecular weight excluding hydrogens is 360 g/mol. The lowest BCUT2D eigenvalue weighted by atomic mass is 9.80. The minimum absolute atomic E-state index is 0.0149. The molecule has 144 valence electrons. The number of carbonyl (C=O) groups is 1. The van der Waals surface area contributed by atoms with Crippen molar-refractivity contribution in [2.75, 3.05) is 13.1 Å². The lowest BCUT2D eigenvalue weighted by Crippen LogP contribution is -2.48. The predicted molar refractivity (Wildman–Crippen MR) is 106 cm³/mol. The van der Waals surface area contributed by atoms with Gasteiger partial charge < -0.3 is 5.32 Å². The number of piperidine rings is 1. The number of nitrogens with zero attached hydrogens (tertiary/aromatic N) is 1. The fourth-order valence-corrected chi connectivity index (χ4v) is 4.91. The van der Waals surface area contributed by atoms with Crippen LogP contribution in [0.3, 0.4) is 0 Å². The molecule has 0 saturated carbocycles. The fraction of sp³-hybridized carbons (Fsp3) is 0.381. The normalized spacial score (nSPS) is 17.4. The third-order valence-corrected chi connectivity index (χ3v) is 7.19. The second kappa shape index (κ2) is 7.82. The maximum Gasteiger partial charge on any atom is 0.243 e. The first-order valence-corrected chi connectivity index (χ1v) is 10.6. The minimum atomic E-state index is -3.51. The molecule has 0 bridgehead atoms. The Morgan fingerprint density at radius 1 is 1.07 bits per heavy atom. The first-order valence-electron chi connectivity index (χ1n) is 9.20. The zero-order chi connectivity index (χ0) is 19.5. The highest BCUT2D eigenvalue weighted by molar-refractivity contribution is 7.89. The lowest BCUT2D eigenvalue weighted by molar-refractivity contribution is -0.132. The average Bonchev–Trinajstić information content (AvgIpc) is 2.67. The van der Waals surface area contributed by atoms with Crippen LogP contribution < -0.4 is 5.32 Å². The Morgan fingerprint density at radius 2 is 1.74 bits per heavy atom. The summed E-state index contributed by atoms with van der Waals surface area (Å²) in [6.07, 6.45) is 1.03. The fourth-order valence-electron chi connectivity index (χ4n) is 3.36. The summed E-state index contributed by atoms with van der Waals surface area (Å²) in [5.41, 5.74) is 1.42. The number of carbonyl (C=O) groups excluding carboxylic acids is 1. The van der Waals surface area contributed by atoms with Crippen molar-refractivity contribution in [2.45, 2.75) is 38.1 Å². The molecule has 0 spiro atoms. The van der Waals surface area contributed by atoms with Crippen LogP contribution in [-0.4, -0.2) is 31.7 Å². The van der Waals surface area contributed by atoms with Crippen LogP contribution in [0.2, 0.25) is 0 Å². The molecule has 5 nitrogen and oxygen atoms in total. The molecule has 0 atom stereocenters. The van der Waals surface area contributed by atoms with Gasteiger partial charge in [0.15, 0.2) is 0 Å². The van der Waals surface area contributed by atoms with E-state index in [4.69, 9.17) is 0 Å². The first kappa shape index (κ1) is 19.6. The predicted octanol–water partition coefficient (Wildman–Crippen LogP) is 3.10. The molecule has 1 amide bonds. The first-order chi connectivity index (χ1) is 12.8. The molecule has 3 rings (SSSR count). The van der Waals surface area contributed by atoms with E-state index in [0.717, 1.165) is 11.1 Å². The van der Waals surface area contributed by atoms with Crippen molar-refractivity contribution in [1.82, 2.24) is 9.62 Å². The van der Waals surface area contributed by atoms with E-state index in [-0.39, 0.29) is 5.91 Å². The molecule has 0 unspecified atom stereocenters. The zero-order valence-electron chi connectivity index (χ0n) is 15.8. The Labute approximate surface area is 161 Å². The van der Waals surface area contributed by atoms with E-state index >= 15 is 0 Å². The maximum absolute atomic E-state index is 12.9. The lowest BCUT2D eigenvalue weighted by Gasteiger charge is -2.37. The number of hydrogen-bond donors (Lipinski definition) is 1. The van der Waals surface area contributed by atoms with Gasteiger partial charge in [0.25, 0.3) is 0 Å². The molecule has 0 radical (unpaired) electrons. The Hall–Kier alpha value is -2.18. The van der Waals surface area contributed by atoms with Gasteiger partial charge in [-0.2, -0.15) is 4.31 Å². The standard InChI is InChI=1S/C21H26N2O3S/c1-17-7-6-10-19(15-17)27(25,26)23-13-11-21(2,12-14-23)20(24)22-16-18-8-4-3-5-9-18/h3-10,15H,11-14,16H2,1-2H3,(H,22,24). The van der Waals surface area contributed by atoms with Crippen molar-refractivity contribution in [3.63, 3.8) is 0 Å². The van der Waals surface area contributed by atoms with Crippen LogP contribution in [0, 0.1) is 12.3 Å². The quantitative estimate of drug-likeness (QED) is 0.859. The van der Waals surface area contributed by atoms with Crippen LogP contribution >= 0.6 is 0 Å². The molecule has 1 fully saturated rings. The van der Waals surface area contributed by atoms with Gasteiger partial charge >= 0.3 is 0 Å². The topological polar surface area (TPSA) is 66.5 Å². The summed E-state index contributed by atoms with van der Waals surface area (Å²) in [4.78, 5) is 13.0. The van der Waals surface area contributed by atoms with Gasteiger partial charge in [-0.15, -0.1) is 0 Å². The number of sulfonamides is 1. The second-order valence-electron chi connectivity index (χ2n) is 7.45. The van der Waals surface area contributed by atoms with Crippen molar-refractivity contribution < 1.29 is 13.2 Å². The van der Waals surface area contributed by atoms with E-state index in [2.05, 4.69) is 5.32 Å². The molecule has 1 aliphatic rings. The summed E-state index contributed by atoms with van der Waals surface area (Å²) >= 11 is 0. The van der Waals surface area contributed by atoms with Gasteiger partial charge in [-0.25, -0.2) is 8.42 Å². The molecule has 2 aromatic carbocycles. The molecule has 0 aliphatic carbocycles. The van der Waals surface area contributed by atoms with E-state index in [9.17, 15) is 13.2 Å². The van der Waals surface area contributed by atoms with Gasteiger partial charge in [0, 0.05) is 25.0 Å². The van der Waals surface area contributed by atoms with E-state index < -0.39 is 15.4 Å². The third-order valence-electron chi connectivity index (χ3n) is 5.30. The summed E-state index contributed by atoms with van der Waals surface area (Å²) in [6, 6.07) is 16.7. The molecule has 1 heterocycles. The molecule has 27 heavy (non-hydrogen) atoms. The van der Waals surface area contributed by atoms with Crippen molar-refractivity contribution in [3.8, 4) is 0 Å². The van der Waals surface area contributed by atoms with Crippen molar-refractivity contribution in [1.29, 1.82) is 0 Å². The van der Waals surface area contributed by atoms with Crippen molar-refractivity contribution in [3.05, 3.63) is 65.7 Å². The monoisotopic (exact) mass is 386 g/mol. The molecule has 1 N–H and O–H groups in total. The summed E-state index contributed by atoms with van der Waals surface area (Å²) in [7, 11) is -3.51. The molecule has 6 heteroatoms. The van der Waals surface area contributed by atoms with E-state index in [0.29, 0.717) is 37.4 Å². The summed E-state index contributed by atoms with van der Waals surface area (Å²) < 4.78 is 27.2. The molecule has 1 aliphatic heterocycles. The van der Waals surface area contributed by atoms with E-state index in [1.807, 2.05) is 50.2 Å². The van der Waals surface area contributed by atoms with Crippen LogP contribution in [-0.2, 0) is 21.4 Å². The SMILES string of the molecule is Cc1cccc(S(=O)(=O)N2CCC(C)(C(=O)NCc3ccccc3)CC2)c1. The number of amides is 1. The molecule has 0 aromatic heterocycles. The summed E-state index contributed by atoms with van der Waals surface area (Å²) in [5, 5.41) is 2.99. The molecular formula is C21H26N2O3S. The average molecular weight is 387 g/mol.